The molecule has 3 heterocycles. The molecule has 18 heteroatoms. The van der Waals surface area contributed by atoms with E-state index in [1.54, 1.807) is 4.90 Å². The van der Waals surface area contributed by atoms with E-state index in [1.165, 1.54) is 85.7 Å². The Balaban J connectivity index is -0.00000140. The van der Waals surface area contributed by atoms with E-state index >= 15 is 0 Å². The van der Waals surface area contributed by atoms with Gasteiger partial charge in [-0.3, -0.25) is 53.3 Å². The molecule has 0 aliphatic heterocycles. The maximum atomic E-state index is 11.7. The molecule has 0 spiro atoms. The first-order valence-electron chi connectivity index (χ1n) is 52.9. The normalized spacial score (nSPS) is 13.5. The fourth-order valence-electron chi connectivity index (χ4n) is 14.3. The Bertz CT molecular complexity index is 3560. The van der Waals surface area contributed by atoms with Crippen molar-refractivity contribution in [1.29, 1.82) is 0 Å². The van der Waals surface area contributed by atoms with E-state index < -0.39 is 0 Å². The maximum absolute atomic E-state index is 11.7. The molecule has 7 amide bonds. The number of ketones is 1. The molecule has 135 heavy (non-hydrogen) atoms. The molecule has 0 radical (unpaired) electrons. The van der Waals surface area contributed by atoms with Crippen LogP contribution in [0.15, 0.2) is 128 Å². The second kappa shape index (κ2) is 76.8. The minimum Gasteiger partial charge on any atom is -0.343 e. The van der Waals surface area contributed by atoms with Crippen LogP contribution in [0.4, 0.5) is 0 Å². The van der Waals surface area contributed by atoms with Gasteiger partial charge in [0.25, 0.3) is 0 Å². The first-order valence-corrected chi connectivity index (χ1v) is 52.9. The number of pyridine rings is 3. The minimum atomic E-state index is 0.142. The highest BCUT2D eigenvalue weighted by Crippen LogP contribution is 2.34. The lowest BCUT2D eigenvalue weighted by Gasteiger charge is -2.26. The second-order valence-electron chi connectivity index (χ2n) is 40.9. The summed E-state index contributed by atoms with van der Waals surface area (Å²) in [5, 5.41) is 0. The Kier molecular flexibility index (Phi) is 74.5. The van der Waals surface area contributed by atoms with E-state index in [-0.39, 0.29) is 23.7 Å². The van der Waals surface area contributed by atoms with Gasteiger partial charge in [-0.2, -0.15) is 0 Å². The van der Waals surface area contributed by atoms with Gasteiger partial charge in [-0.1, -0.05) is 270 Å². The van der Waals surface area contributed by atoms with Crippen LogP contribution in [0, 0.1) is 48.3 Å². The number of aromatic nitrogens is 3. The summed E-state index contributed by atoms with van der Waals surface area (Å²) >= 11 is 0. The zero-order valence-electron chi connectivity index (χ0n) is 93.3. The number of amides is 7. The summed E-state index contributed by atoms with van der Waals surface area (Å²) in [7, 11) is 5.62. The van der Waals surface area contributed by atoms with Gasteiger partial charge in [0, 0.05) is 181 Å². The van der Waals surface area contributed by atoms with Gasteiger partial charge in [-0.05, 0) is 248 Å². The van der Waals surface area contributed by atoms with Crippen molar-refractivity contribution in [3.8, 4) is 0 Å². The van der Waals surface area contributed by atoms with Crippen LogP contribution >= 0.6 is 0 Å². The van der Waals surface area contributed by atoms with Gasteiger partial charge in [0.2, 0.25) is 41.4 Å². The average molecular weight is 1880 g/mol. The van der Waals surface area contributed by atoms with Crippen molar-refractivity contribution in [3.63, 3.8) is 0 Å². The van der Waals surface area contributed by atoms with Crippen LogP contribution in [0.3, 0.4) is 0 Å². The number of rotatable bonds is 30. The Morgan fingerprint density at radius 2 is 0.704 bits per heavy atom. The maximum Gasteiger partial charge on any atom is 0.225 e. The summed E-state index contributed by atoms with van der Waals surface area (Å²) in [5.41, 5.74) is 7.74. The quantitative estimate of drug-likeness (QED) is 0.0424. The number of hydrogen-bond donors (Lipinski definition) is 0. The fraction of sp³-hybridized carbons (Fsp3) is 0.701. The first-order chi connectivity index (χ1) is 63.5. The molecular weight excluding hydrogens is 1670 g/mol. The van der Waals surface area contributed by atoms with Crippen molar-refractivity contribution in [2.75, 3.05) is 53.9 Å². The van der Waals surface area contributed by atoms with Crippen molar-refractivity contribution >= 4 is 47.1 Å². The van der Waals surface area contributed by atoms with E-state index in [0.29, 0.717) is 144 Å². The Labute approximate surface area is 829 Å². The molecule has 2 aromatic carbocycles. The molecule has 0 bridgehead atoms. The second-order valence-corrected chi connectivity index (χ2v) is 40.9. The number of carbonyl (C=O) groups is 8. The molecule has 18 nitrogen and oxygen atoms in total. The van der Waals surface area contributed by atoms with E-state index in [1.807, 2.05) is 208 Å². The van der Waals surface area contributed by atoms with Crippen LogP contribution in [0.2, 0.25) is 0 Å². The molecule has 0 saturated heterocycles. The smallest absolute Gasteiger partial charge is 0.225 e. The molecule has 5 fully saturated rings. The number of Topliss-reactive ketones (excluding diaryl/α,β-unsaturated/α-hetero) is 1. The third kappa shape index (κ3) is 62.4. The summed E-state index contributed by atoms with van der Waals surface area (Å²) in [6.07, 6.45) is 31.9. The minimum absolute atomic E-state index is 0.142. The molecule has 5 aliphatic rings. The first kappa shape index (κ1) is 131. The number of aryl methyl sites for hydroxylation is 1. The van der Waals surface area contributed by atoms with Crippen molar-refractivity contribution in [2.45, 2.75) is 443 Å². The van der Waals surface area contributed by atoms with Crippen LogP contribution in [0.25, 0.3) is 0 Å². The summed E-state index contributed by atoms with van der Waals surface area (Å²) in [6.45, 7) is 75.0. The third-order valence-corrected chi connectivity index (χ3v) is 24.2. The molecule has 0 atom stereocenters. The summed E-state index contributed by atoms with van der Waals surface area (Å²) in [6, 6.07) is 37.7. The lowest BCUT2D eigenvalue weighted by molar-refractivity contribution is -0.136. The van der Waals surface area contributed by atoms with Gasteiger partial charge in [-0.15, -0.1) is 0 Å². The number of hydrogen-bond acceptors (Lipinski definition) is 11. The summed E-state index contributed by atoms with van der Waals surface area (Å²) < 4.78 is 0. The predicted molar refractivity (Wildman–Crippen MR) is 575 cm³/mol. The predicted octanol–water partition coefficient (Wildman–Crippen LogP) is 28.3. The molecule has 0 N–H and O–H groups in total. The zero-order chi connectivity index (χ0) is 104. The number of benzene rings is 2. The lowest BCUT2D eigenvalue weighted by atomic mass is 9.84. The molecule has 0 unspecified atom stereocenters. The van der Waals surface area contributed by atoms with Gasteiger partial charge >= 0.3 is 0 Å². The van der Waals surface area contributed by atoms with E-state index in [4.69, 9.17) is 0 Å². The highest BCUT2D eigenvalue weighted by atomic mass is 16.2. The largest absolute Gasteiger partial charge is 0.343 e. The lowest BCUT2D eigenvalue weighted by Crippen LogP contribution is -2.38. The Hall–Kier alpha value is -8.15. The molecule has 5 aliphatic carbocycles. The van der Waals surface area contributed by atoms with Gasteiger partial charge in [-0.25, -0.2) is 0 Å². The standard InChI is InChI=1S/C11H20O.C10H19NO.2C10H21NO.2C9H17NO.C9H13N.2C9H12.C8H15NO.2C8H11N.C7H15NO/c1-9(2)11(12)8-10-6-4-3-5-7-10;1-8(2)11(3)10(12)9-6-4-5-7-9;2*1-5-7-11(8-6-2)10(12)9(3)4;1-4-10(7(2)3)9(11)8-5-6-8;1-4-9(11)10(7(2)3)8-5-6-8;1-7(2)9-5-4-8(3)6-10-9;2*1-8(2)9-6-4-3-5-7-9;1-6(2)9(3)8(10)7-4-5-7;1-7(2)8-3-5-9-6-4-8;1-7(2)8-5-3-4-6-9-8;1-5-7(9)8(4)6(2)3/h9-10H,3-8H2,1-2H3;8-9H,4-7H2,1-3H3;2*9H,5-8H2,1-4H3;2*7-8H,4-6H2,1-3H3;4-7H,1-3H3;2*3-8H,1-2H3;6-7H,4-5H2,1-3H3;2*3-7H,1-2H3;6H,5H2,1-4H3. The van der Waals surface area contributed by atoms with Crippen LogP contribution in [0.1, 0.15) is 433 Å². The van der Waals surface area contributed by atoms with Crippen molar-refractivity contribution in [2.24, 2.45) is 41.4 Å². The monoisotopic (exact) mass is 1880 g/mol. The Morgan fingerprint density at radius 1 is 0.341 bits per heavy atom. The van der Waals surface area contributed by atoms with Gasteiger partial charge in [0.1, 0.15) is 5.78 Å². The molecule has 10 rings (SSSR count). The Morgan fingerprint density at radius 3 is 0.963 bits per heavy atom. The molecule has 5 saturated carbocycles. The van der Waals surface area contributed by atoms with Crippen molar-refractivity contribution in [1.82, 2.24) is 49.3 Å². The molecule has 5 aromatic rings. The average Bonchev–Trinajstić information content (AvgIpc) is 1.64. The third-order valence-electron chi connectivity index (χ3n) is 24.2. The molecular formula is C117H204N10O8. The number of nitrogens with zero attached hydrogens (tertiary/aromatic N) is 10. The molecule has 3 aromatic heterocycles. The van der Waals surface area contributed by atoms with Crippen molar-refractivity contribution < 1.29 is 38.4 Å². The van der Waals surface area contributed by atoms with E-state index in [0.717, 1.165) is 109 Å². The SMILES string of the molecule is CC(C)C(=O)CC1CCCCC1.CC(C)N(C)C(=O)C1CC1.CC(C)N(C)C(=O)C1CCCC1.CC(C)c1ccccc1.CC(C)c1ccccc1.CC(C)c1ccccn1.CC(C)c1ccncc1.CCC(=O)N(C(C)C)C1CC1.CCC(=O)N(C)C(C)C.CCCN(CCC)C(=O)C(C)C.CCCN(CCC)C(=O)C(C)C.CCN(C(=O)C1CC1)C(C)C.Cc1ccc(C(C)C)nc1. The highest BCUT2D eigenvalue weighted by Gasteiger charge is 2.35. The summed E-state index contributed by atoms with van der Waals surface area (Å²) in [5.74, 6) is 7.94. The van der Waals surface area contributed by atoms with Gasteiger partial charge in [0.05, 0.1) is 0 Å². The van der Waals surface area contributed by atoms with E-state index in [2.05, 4.69) is 221 Å². The van der Waals surface area contributed by atoms with Crippen LogP contribution in [0.5, 0.6) is 0 Å². The summed E-state index contributed by atoms with van der Waals surface area (Å²) in [4.78, 5) is 117. The van der Waals surface area contributed by atoms with Crippen LogP contribution in [-0.2, 0) is 38.4 Å². The number of carbonyl (C=O) groups excluding carboxylic acids is 8. The molecule has 770 valence electrons. The fourth-order valence-corrected chi connectivity index (χ4v) is 14.3. The van der Waals surface area contributed by atoms with Crippen LogP contribution in [-0.4, -0.2) is 187 Å². The van der Waals surface area contributed by atoms with Crippen LogP contribution < -0.4 is 0 Å². The van der Waals surface area contributed by atoms with Crippen molar-refractivity contribution in [3.05, 3.63) is 162 Å². The van der Waals surface area contributed by atoms with Gasteiger partial charge in [0.15, 0.2) is 0 Å². The topological polar surface area (TPSA) is 198 Å². The highest BCUT2D eigenvalue weighted by molar-refractivity contribution is 5.82. The van der Waals surface area contributed by atoms with E-state index in [9.17, 15) is 38.4 Å². The van der Waals surface area contributed by atoms with Gasteiger partial charge < -0.3 is 34.3 Å². The zero-order valence-corrected chi connectivity index (χ0v) is 93.3.